The maximum Gasteiger partial charge on any atom is 0.220 e. The molecule has 0 aliphatic heterocycles. The van der Waals surface area contributed by atoms with Crippen molar-refractivity contribution in [2.24, 2.45) is 5.41 Å². The maximum atomic E-state index is 11.9. The number of carbonyl (C=O) groups excluding carboxylic acids is 1. The molecule has 3 heteroatoms. The van der Waals surface area contributed by atoms with E-state index >= 15 is 0 Å². The largest absolute Gasteiger partial charge is 0.361 e. The molecule has 1 unspecified atom stereocenters. The summed E-state index contributed by atoms with van der Waals surface area (Å²) in [6, 6.07) is 8.59. The number of H-pyrrole nitrogens is 1. The molecule has 1 atom stereocenters. The van der Waals surface area contributed by atoms with Crippen molar-refractivity contribution >= 4 is 16.8 Å². The number of amides is 1. The molecule has 100 valence electrons. The van der Waals surface area contributed by atoms with Crippen molar-refractivity contribution in [1.82, 2.24) is 10.3 Å². The van der Waals surface area contributed by atoms with Gasteiger partial charge in [-0.25, -0.2) is 0 Å². The number of fused-ring (bicyclic) bond motifs is 1. The van der Waals surface area contributed by atoms with Gasteiger partial charge in [0.15, 0.2) is 0 Å². The van der Waals surface area contributed by atoms with Crippen LogP contribution in [-0.4, -0.2) is 16.9 Å². The summed E-state index contributed by atoms with van der Waals surface area (Å²) in [5.41, 5.74) is 2.67. The minimum atomic E-state index is 0.167. The van der Waals surface area contributed by atoms with Crippen LogP contribution in [0.25, 0.3) is 10.9 Å². The van der Waals surface area contributed by atoms with E-state index in [-0.39, 0.29) is 5.91 Å². The first-order valence-corrected chi connectivity index (χ1v) is 6.91. The summed E-state index contributed by atoms with van der Waals surface area (Å²) < 4.78 is 0. The van der Waals surface area contributed by atoms with Crippen LogP contribution < -0.4 is 5.32 Å². The number of hydrogen-bond donors (Lipinski definition) is 2. The van der Waals surface area contributed by atoms with E-state index in [4.69, 9.17) is 0 Å². The minimum Gasteiger partial charge on any atom is -0.361 e. The van der Waals surface area contributed by atoms with E-state index in [0.717, 1.165) is 18.4 Å². The molecule has 1 heterocycles. The van der Waals surface area contributed by atoms with Crippen molar-refractivity contribution in [2.45, 2.75) is 39.2 Å². The van der Waals surface area contributed by atoms with Crippen LogP contribution in [0, 0.1) is 5.41 Å². The highest BCUT2D eigenvalue weighted by Gasteiger charge is 2.46. The second-order valence-corrected chi connectivity index (χ2v) is 6.17. The van der Waals surface area contributed by atoms with Crippen molar-refractivity contribution in [3.05, 3.63) is 36.0 Å². The van der Waals surface area contributed by atoms with E-state index in [1.807, 2.05) is 18.3 Å². The summed E-state index contributed by atoms with van der Waals surface area (Å²) in [4.78, 5) is 15.1. The van der Waals surface area contributed by atoms with Gasteiger partial charge in [-0.3, -0.25) is 4.79 Å². The Morgan fingerprint density at radius 1 is 1.42 bits per heavy atom. The average molecular weight is 256 g/mol. The van der Waals surface area contributed by atoms with Gasteiger partial charge in [-0.1, -0.05) is 32.0 Å². The molecule has 1 saturated carbocycles. The van der Waals surface area contributed by atoms with Gasteiger partial charge < -0.3 is 10.3 Å². The van der Waals surface area contributed by atoms with Crippen LogP contribution in [0.4, 0.5) is 0 Å². The molecule has 0 radical (unpaired) electrons. The van der Waals surface area contributed by atoms with Crippen molar-refractivity contribution in [1.29, 1.82) is 0 Å². The number of aryl methyl sites for hydroxylation is 1. The molecule has 2 N–H and O–H groups in total. The molecule has 3 nitrogen and oxygen atoms in total. The number of nitrogens with one attached hydrogen (secondary N) is 2. The normalized spacial score (nSPS) is 20.4. The first-order chi connectivity index (χ1) is 9.06. The number of hydrogen-bond acceptors (Lipinski definition) is 1. The second-order valence-electron chi connectivity index (χ2n) is 6.17. The Kier molecular flexibility index (Phi) is 2.85. The van der Waals surface area contributed by atoms with Crippen LogP contribution in [0.3, 0.4) is 0 Å². The third kappa shape index (κ3) is 2.50. The Bertz CT molecular complexity index is 612. The van der Waals surface area contributed by atoms with E-state index in [1.165, 1.54) is 10.9 Å². The van der Waals surface area contributed by atoms with Crippen LogP contribution in [0.1, 0.15) is 32.3 Å². The van der Waals surface area contributed by atoms with Gasteiger partial charge in [0.1, 0.15) is 0 Å². The summed E-state index contributed by atoms with van der Waals surface area (Å²) in [7, 11) is 0. The third-order valence-electron chi connectivity index (χ3n) is 4.14. The summed E-state index contributed by atoms with van der Waals surface area (Å²) in [6.45, 7) is 4.38. The van der Waals surface area contributed by atoms with Crippen LogP contribution in [-0.2, 0) is 11.2 Å². The van der Waals surface area contributed by atoms with Crippen LogP contribution in [0.5, 0.6) is 0 Å². The van der Waals surface area contributed by atoms with Gasteiger partial charge in [0.25, 0.3) is 0 Å². The summed E-state index contributed by atoms with van der Waals surface area (Å²) in [5, 5.41) is 4.33. The smallest absolute Gasteiger partial charge is 0.220 e. The lowest BCUT2D eigenvalue weighted by atomic mass is 10.1. The Labute approximate surface area is 113 Å². The molecule has 2 aromatic rings. The fourth-order valence-corrected chi connectivity index (χ4v) is 2.57. The fraction of sp³-hybridized carbons (Fsp3) is 0.438. The third-order valence-corrected chi connectivity index (χ3v) is 4.14. The highest BCUT2D eigenvalue weighted by molar-refractivity contribution is 5.84. The van der Waals surface area contributed by atoms with Crippen molar-refractivity contribution in [3.63, 3.8) is 0 Å². The lowest BCUT2D eigenvalue weighted by Gasteiger charge is -2.06. The monoisotopic (exact) mass is 256 g/mol. The predicted molar refractivity (Wildman–Crippen MR) is 76.9 cm³/mol. The minimum absolute atomic E-state index is 0.167. The number of benzene rings is 1. The molecule has 1 fully saturated rings. The lowest BCUT2D eigenvalue weighted by molar-refractivity contribution is -0.121. The molecule has 0 spiro atoms. The lowest BCUT2D eigenvalue weighted by Crippen LogP contribution is -2.28. The molecular weight excluding hydrogens is 236 g/mol. The van der Waals surface area contributed by atoms with E-state index in [1.54, 1.807) is 0 Å². The van der Waals surface area contributed by atoms with E-state index in [0.29, 0.717) is 17.9 Å². The number of rotatable bonds is 4. The molecule has 1 aromatic heterocycles. The molecular formula is C16H20N2O. The predicted octanol–water partition coefficient (Wildman–Crippen LogP) is 3.02. The zero-order valence-electron chi connectivity index (χ0n) is 11.5. The van der Waals surface area contributed by atoms with Crippen LogP contribution >= 0.6 is 0 Å². The van der Waals surface area contributed by atoms with Gasteiger partial charge in [0, 0.05) is 29.6 Å². The van der Waals surface area contributed by atoms with Crippen molar-refractivity contribution in [3.8, 4) is 0 Å². The Balaban J connectivity index is 1.59. The van der Waals surface area contributed by atoms with Crippen molar-refractivity contribution < 1.29 is 4.79 Å². The number of aromatic nitrogens is 1. The van der Waals surface area contributed by atoms with Gasteiger partial charge in [-0.05, 0) is 29.9 Å². The Morgan fingerprint density at radius 3 is 2.89 bits per heavy atom. The Hall–Kier alpha value is -1.77. The molecule has 0 bridgehead atoms. The number of para-hydroxylation sites is 1. The van der Waals surface area contributed by atoms with Crippen LogP contribution in [0.15, 0.2) is 30.5 Å². The van der Waals surface area contributed by atoms with Gasteiger partial charge in [0.05, 0.1) is 0 Å². The molecule has 0 saturated heterocycles. The number of carbonyl (C=O) groups is 1. The molecule has 1 aliphatic rings. The van der Waals surface area contributed by atoms with E-state index < -0.39 is 0 Å². The zero-order valence-corrected chi connectivity index (χ0v) is 11.5. The van der Waals surface area contributed by atoms with Crippen molar-refractivity contribution in [2.75, 3.05) is 0 Å². The van der Waals surface area contributed by atoms with E-state index in [9.17, 15) is 4.79 Å². The summed E-state index contributed by atoms with van der Waals surface area (Å²) in [6.07, 6.45) is 4.47. The summed E-state index contributed by atoms with van der Waals surface area (Å²) >= 11 is 0. The Morgan fingerprint density at radius 2 is 2.16 bits per heavy atom. The second kappa shape index (κ2) is 4.41. The van der Waals surface area contributed by atoms with Gasteiger partial charge in [-0.2, -0.15) is 0 Å². The SMILES string of the molecule is CC1(C)CC1NC(=O)CCc1c[nH]c2ccccc12. The van der Waals surface area contributed by atoms with Gasteiger partial charge >= 0.3 is 0 Å². The highest BCUT2D eigenvalue weighted by atomic mass is 16.1. The standard InChI is InChI=1S/C16H20N2O/c1-16(2)9-14(16)18-15(19)8-7-11-10-17-13-6-4-3-5-12(11)13/h3-6,10,14,17H,7-9H2,1-2H3,(H,18,19). The van der Waals surface area contributed by atoms with Gasteiger partial charge in [0.2, 0.25) is 5.91 Å². The maximum absolute atomic E-state index is 11.9. The first-order valence-electron chi connectivity index (χ1n) is 6.91. The molecule has 3 rings (SSSR count). The quantitative estimate of drug-likeness (QED) is 0.867. The molecule has 1 aliphatic carbocycles. The average Bonchev–Trinajstić information content (AvgIpc) is 2.82. The highest BCUT2D eigenvalue weighted by Crippen LogP contribution is 2.44. The molecule has 1 aromatic carbocycles. The van der Waals surface area contributed by atoms with Gasteiger partial charge in [-0.15, -0.1) is 0 Å². The van der Waals surface area contributed by atoms with Crippen LogP contribution in [0.2, 0.25) is 0 Å². The number of aromatic amines is 1. The zero-order chi connectivity index (χ0) is 13.5. The first kappa shape index (κ1) is 12.3. The van der Waals surface area contributed by atoms with E-state index in [2.05, 4.69) is 36.3 Å². The fourth-order valence-electron chi connectivity index (χ4n) is 2.57. The molecule has 19 heavy (non-hydrogen) atoms. The summed E-state index contributed by atoms with van der Waals surface area (Å²) in [5.74, 6) is 0.167. The molecule has 1 amide bonds. The topological polar surface area (TPSA) is 44.9 Å².